The number of benzene rings is 2. The first-order valence-corrected chi connectivity index (χ1v) is 9.42. The Labute approximate surface area is 170 Å². The number of alkyl halides is 3. The van der Waals surface area contributed by atoms with E-state index in [1.54, 1.807) is 0 Å². The van der Waals surface area contributed by atoms with Crippen LogP contribution in [0.15, 0.2) is 42.5 Å². The Morgan fingerprint density at radius 1 is 1.13 bits per heavy atom. The Morgan fingerprint density at radius 2 is 1.77 bits per heavy atom. The maximum atomic E-state index is 12.6. The van der Waals surface area contributed by atoms with Gasteiger partial charge in [0.25, 0.3) is 0 Å². The van der Waals surface area contributed by atoms with Crippen molar-refractivity contribution in [2.75, 3.05) is 7.11 Å². The van der Waals surface area contributed by atoms with Crippen molar-refractivity contribution < 1.29 is 44.6 Å². The highest BCUT2D eigenvalue weighted by atomic mass is 32.2. The molecular formula is C17H13BF3NO7S. The number of carbonyl (C=O) groups excluding carboxylic acids is 1. The van der Waals surface area contributed by atoms with Gasteiger partial charge in [0.15, 0.2) is 6.19 Å². The zero-order valence-electron chi connectivity index (χ0n) is 15.3. The third-order valence-corrected chi connectivity index (χ3v) is 4.45. The third kappa shape index (κ3) is 5.96. The van der Waals surface area contributed by atoms with Gasteiger partial charge in [-0.1, -0.05) is 0 Å². The Morgan fingerprint density at radius 3 is 2.30 bits per heavy atom. The van der Waals surface area contributed by atoms with Crippen LogP contribution in [0.2, 0.25) is 0 Å². The van der Waals surface area contributed by atoms with E-state index in [0.717, 1.165) is 13.2 Å². The first-order chi connectivity index (χ1) is 14.1. The highest BCUT2D eigenvalue weighted by Gasteiger charge is 2.48. The molecule has 158 valence electrons. The number of carbonyl (C=O) groups is 1. The van der Waals surface area contributed by atoms with Crippen LogP contribution in [0, 0.1) is 11.3 Å². The van der Waals surface area contributed by atoms with Crippen LogP contribution >= 0.6 is 0 Å². The van der Waals surface area contributed by atoms with Crippen molar-refractivity contribution >= 4 is 23.4 Å². The summed E-state index contributed by atoms with van der Waals surface area (Å²) in [6.45, 7) is -0.523. The van der Waals surface area contributed by atoms with Crippen LogP contribution in [0.5, 0.6) is 17.2 Å². The fraction of sp³-hybridized carbons (Fsp3) is 0.176. The summed E-state index contributed by atoms with van der Waals surface area (Å²) in [4.78, 5) is 10.8. The van der Waals surface area contributed by atoms with E-state index in [2.05, 4.69) is 8.84 Å². The molecule has 13 heteroatoms. The number of nitrogens with zero attached hydrogens (tertiary/aromatic N) is 1. The van der Waals surface area contributed by atoms with Crippen molar-refractivity contribution in [3.05, 3.63) is 53.6 Å². The van der Waals surface area contributed by atoms with Crippen LogP contribution in [-0.4, -0.2) is 34.3 Å². The lowest BCUT2D eigenvalue weighted by Gasteiger charge is -2.15. The van der Waals surface area contributed by atoms with Gasteiger partial charge in [-0.2, -0.15) is 26.9 Å². The summed E-state index contributed by atoms with van der Waals surface area (Å²) < 4.78 is 80.1. The summed E-state index contributed by atoms with van der Waals surface area (Å²) in [6, 6.07) is 11.2. The lowest BCUT2D eigenvalue weighted by atomic mass is 9.94. The molecule has 0 amide bonds. The molecule has 0 bridgehead atoms. The molecule has 0 aliphatic heterocycles. The lowest BCUT2D eigenvalue weighted by Crippen LogP contribution is -2.28. The summed E-state index contributed by atoms with van der Waals surface area (Å²) in [5, 5.41) is 8.80. The average molecular weight is 443 g/mol. The third-order valence-electron chi connectivity index (χ3n) is 3.48. The van der Waals surface area contributed by atoms with E-state index in [0.29, 0.717) is 17.5 Å². The van der Waals surface area contributed by atoms with Crippen molar-refractivity contribution in [3.63, 3.8) is 0 Å². The van der Waals surface area contributed by atoms with Gasteiger partial charge in [-0.25, -0.2) is 0 Å². The standard InChI is InChI=1S/C17H13BF3NO7S/c1-26-18(11-23)27-10-13-8-15(28-14-4-2-12(9-22)3-5-14)6-7-16(13)29-30(24,25)17(19,20)21/h2-8,11H,10H2,1H3. The molecule has 0 N–H and O–H groups in total. The molecule has 0 fully saturated rings. The molecule has 0 radical (unpaired) electrons. The fourth-order valence-electron chi connectivity index (χ4n) is 2.05. The minimum absolute atomic E-state index is 0.107. The summed E-state index contributed by atoms with van der Waals surface area (Å²) in [5.41, 5.74) is -5.41. The number of rotatable bonds is 9. The Bertz CT molecular complexity index is 1040. The van der Waals surface area contributed by atoms with Gasteiger partial charge in [0.05, 0.1) is 18.2 Å². The van der Waals surface area contributed by atoms with E-state index in [4.69, 9.17) is 14.7 Å². The maximum Gasteiger partial charge on any atom is 0.534 e. The van der Waals surface area contributed by atoms with E-state index in [1.165, 1.54) is 36.4 Å². The second kappa shape index (κ2) is 9.62. The normalized spacial score (nSPS) is 11.4. The van der Waals surface area contributed by atoms with Crippen molar-refractivity contribution in [3.8, 4) is 23.3 Å². The topological polar surface area (TPSA) is 112 Å². The lowest BCUT2D eigenvalue weighted by molar-refractivity contribution is -0.0500. The Balaban J connectivity index is 2.33. The molecule has 0 aliphatic rings. The minimum atomic E-state index is -5.93. The molecule has 2 aromatic rings. The summed E-state index contributed by atoms with van der Waals surface area (Å²) in [6.07, 6.45) is 0.296. The average Bonchev–Trinajstić information content (AvgIpc) is 2.70. The van der Waals surface area contributed by atoms with Crippen molar-refractivity contribution in [1.29, 1.82) is 5.26 Å². The van der Waals surface area contributed by atoms with Gasteiger partial charge in [-0.15, -0.1) is 0 Å². The Kier molecular flexibility index (Phi) is 7.44. The van der Waals surface area contributed by atoms with Gasteiger partial charge >= 0.3 is 22.7 Å². The number of hydrogen-bond donors (Lipinski definition) is 0. The van der Waals surface area contributed by atoms with Crippen LogP contribution in [-0.2, 0) is 30.8 Å². The molecule has 0 aromatic heterocycles. The monoisotopic (exact) mass is 443 g/mol. The van der Waals surface area contributed by atoms with Gasteiger partial charge in [-0.05, 0) is 42.5 Å². The van der Waals surface area contributed by atoms with Crippen molar-refractivity contribution in [2.45, 2.75) is 12.1 Å². The summed E-state index contributed by atoms with van der Waals surface area (Å²) in [7, 11) is -6.10. The predicted molar refractivity (Wildman–Crippen MR) is 97.6 cm³/mol. The zero-order chi connectivity index (χ0) is 22.4. The molecule has 0 saturated carbocycles. The number of nitriles is 1. The molecule has 0 saturated heterocycles. The summed E-state index contributed by atoms with van der Waals surface area (Å²) >= 11 is 0. The van der Waals surface area contributed by atoms with E-state index in [-0.39, 0.29) is 11.3 Å². The van der Waals surface area contributed by atoms with Gasteiger partial charge in [0.2, 0.25) is 0 Å². The largest absolute Gasteiger partial charge is 0.534 e. The number of halogens is 3. The molecule has 30 heavy (non-hydrogen) atoms. The quantitative estimate of drug-likeness (QED) is 0.252. The fourth-order valence-corrected chi connectivity index (χ4v) is 2.54. The molecule has 0 atom stereocenters. The summed E-state index contributed by atoms with van der Waals surface area (Å²) in [5.74, 6) is -0.254. The number of ether oxygens (including phenoxy) is 1. The maximum absolute atomic E-state index is 12.6. The highest BCUT2D eigenvalue weighted by Crippen LogP contribution is 2.33. The van der Waals surface area contributed by atoms with Crippen LogP contribution < -0.4 is 8.92 Å². The predicted octanol–water partition coefficient (Wildman–Crippen LogP) is 3.00. The van der Waals surface area contributed by atoms with Gasteiger partial charge < -0.3 is 23.0 Å². The van der Waals surface area contributed by atoms with Crippen LogP contribution in [0.3, 0.4) is 0 Å². The Hall–Kier alpha value is -3.08. The minimum Gasteiger partial charge on any atom is -0.457 e. The molecular weight excluding hydrogens is 430 g/mol. The van der Waals surface area contributed by atoms with Crippen molar-refractivity contribution in [1.82, 2.24) is 0 Å². The molecule has 0 spiro atoms. The zero-order valence-corrected chi connectivity index (χ0v) is 16.1. The molecule has 0 heterocycles. The van der Waals surface area contributed by atoms with E-state index < -0.39 is 35.1 Å². The molecule has 2 aromatic carbocycles. The molecule has 0 aliphatic carbocycles. The molecule has 0 unspecified atom stereocenters. The van der Waals surface area contributed by atoms with Crippen LogP contribution in [0.25, 0.3) is 0 Å². The van der Waals surface area contributed by atoms with Crippen molar-refractivity contribution in [2.24, 2.45) is 0 Å². The highest BCUT2D eigenvalue weighted by molar-refractivity contribution is 7.88. The SMILES string of the molecule is COB(C=O)OCc1cc(Oc2ccc(C#N)cc2)ccc1OS(=O)(=O)C(F)(F)F. The van der Waals surface area contributed by atoms with E-state index >= 15 is 0 Å². The first-order valence-electron chi connectivity index (χ1n) is 8.01. The molecule has 8 nitrogen and oxygen atoms in total. The molecule has 2 rings (SSSR count). The van der Waals surface area contributed by atoms with E-state index in [1.807, 2.05) is 6.07 Å². The second-order valence-electron chi connectivity index (χ2n) is 5.54. The van der Waals surface area contributed by atoms with Gasteiger partial charge in [0, 0.05) is 12.7 Å². The van der Waals surface area contributed by atoms with Gasteiger partial charge in [0.1, 0.15) is 17.2 Å². The van der Waals surface area contributed by atoms with Crippen LogP contribution in [0.4, 0.5) is 13.2 Å². The number of hydrogen-bond acceptors (Lipinski definition) is 8. The first kappa shape index (κ1) is 23.2. The van der Waals surface area contributed by atoms with Gasteiger partial charge in [-0.3, -0.25) is 0 Å². The van der Waals surface area contributed by atoms with E-state index in [9.17, 15) is 26.4 Å². The van der Waals surface area contributed by atoms with Crippen LogP contribution in [0.1, 0.15) is 11.1 Å². The smallest absolute Gasteiger partial charge is 0.457 e. The second-order valence-corrected chi connectivity index (χ2v) is 7.08.